The molecular formula is C17H15N5O2. The Morgan fingerprint density at radius 3 is 2.50 bits per heavy atom. The molecular weight excluding hydrogens is 306 g/mol. The topological polar surface area (TPSA) is 103 Å². The van der Waals surface area contributed by atoms with Gasteiger partial charge in [-0.1, -0.05) is 0 Å². The number of primary amides is 1. The predicted molar refractivity (Wildman–Crippen MR) is 90.1 cm³/mol. The minimum atomic E-state index is -0.466. The van der Waals surface area contributed by atoms with Crippen molar-refractivity contribution in [3.8, 4) is 17.1 Å². The summed E-state index contributed by atoms with van der Waals surface area (Å²) in [6.07, 6.45) is 3.35. The third-order valence-corrected chi connectivity index (χ3v) is 3.32. The molecule has 0 unspecified atom stereocenters. The lowest BCUT2D eigenvalue weighted by Gasteiger charge is -2.07. The zero-order valence-corrected chi connectivity index (χ0v) is 12.9. The number of nitrogens with one attached hydrogen (secondary N) is 1. The van der Waals surface area contributed by atoms with Crippen LogP contribution >= 0.6 is 0 Å². The molecule has 2 heterocycles. The number of carbonyl (C=O) groups excluding carboxylic acids is 1. The normalized spacial score (nSPS) is 10.2. The number of methoxy groups -OCH3 is 1. The number of carbonyl (C=O) groups is 1. The largest absolute Gasteiger partial charge is 0.481 e. The number of benzene rings is 1. The average Bonchev–Trinajstić information content (AvgIpc) is 2.62. The second-order valence-corrected chi connectivity index (χ2v) is 4.92. The summed E-state index contributed by atoms with van der Waals surface area (Å²) >= 11 is 0. The maximum absolute atomic E-state index is 11.1. The van der Waals surface area contributed by atoms with E-state index in [9.17, 15) is 4.79 Å². The summed E-state index contributed by atoms with van der Waals surface area (Å²) in [7, 11) is 1.57. The SMILES string of the molecule is COc1ccc(-c2ccnc(Nc3ccc(C(N)=O)cc3)n2)cn1. The number of anilines is 2. The molecule has 0 spiro atoms. The molecule has 0 aliphatic carbocycles. The minimum absolute atomic E-state index is 0.440. The van der Waals surface area contributed by atoms with Crippen molar-refractivity contribution in [2.75, 3.05) is 12.4 Å². The molecule has 24 heavy (non-hydrogen) atoms. The van der Waals surface area contributed by atoms with Crippen molar-refractivity contribution in [3.63, 3.8) is 0 Å². The molecule has 1 aromatic carbocycles. The highest BCUT2D eigenvalue weighted by atomic mass is 16.5. The van der Waals surface area contributed by atoms with Gasteiger partial charge in [-0.05, 0) is 36.4 Å². The predicted octanol–water partition coefficient (Wildman–Crippen LogP) is 2.39. The molecule has 0 atom stereocenters. The van der Waals surface area contributed by atoms with Gasteiger partial charge in [-0.2, -0.15) is 0 Å². The van der Waals surface area contributed by atoms with Crippen molar-refractivity contribution < 1.29 is 9.53 Å². The van der Waals surface area contributed by atoms with E-state index in [0.29, 0.717) is 17.4 Å². The quantitative estimate of drug-likeness (QED) is 0.748. The molecule has 3 rings (SSSR count). The molecule has 2 aromatic heterocycles. The molecule has 120 valence electrons. The summed E-state index contributed by atoms with van der Waals surface area (Å²) in [4.78, 5) is 23.9. The number of nitrogens with zero attached hydrogens (tertiary/aromatic N) is 3. The van der Waals surface area contributed by atoms with Gasteiger partial charge in [0.05, 0.1) is 12.8 Å². The number of nitrogens with two attached hydrogens (primary N) is 1. The summed E-state index contributed by atoms with van der Waals surface area (Å²) in [6, 6.07) is 12.2. The van der Waals surface area contributed by atoms with Crippen LogP contribution in [0, 0.1) is 0 Å². The third kappa shape index (κ3) is 3.46. The average molecular weight is 321 g/mol. The highest BCUT2D eigenvalue weighted by Gasteiger charge is 2.05. The van der Waals surface area contributed by atoms with Crippen LogP contribution in [0.15, 0.2) is 54.9 Å². The van der Waals surface area contributed by atoms with E-state index in [1.54, 1.807) is 55.9 Å². The number of hydrogen-bond acceptors (Lipinski definition) is 6. The zero-order chi connectivity index (χ0) is 16.9. The summed E-state index contributed by atoms with van der Waals surface area (Å²) in [5.41, 5.74) is 8.01. The van der Waals surface area contributed by atoms with Crippen LogP contribution in [0.5, 0.6) is 5.88 Å². The van der Waals surface area contributed by atoms with Crippen molar-refractivity contribution in [2.24, 2.45) is 5.73 Å². The van der Waals surface area contributed by atoms with Crippen LogP contribution in [-0.4, -0.2) is 28.0 Å². The van der Waals surface area contributed by atoms with Crippen LogP contribution in [0.3, 0.4) is 0 Å². The van der Waals surface area contributed by atoms with Crippen LogP contribution in [0.1, 0.15) is 10.4 Å². The summed E-state index contributed by atoms with van der Waals surface area (Å²) < 4.78 is 5.05. The first-order valence-corrected chi connectivity index (χ1v) is 7.16. The number of amides is 1. The van der Waals surface area contributed by atoms with Crippen molar-refractivity contribution in [1.82, 2.24) is 15.0 Å². The summed E-state index contributed by atoms with van der Waals surface area (Å²) in [5, 5.41) is 3.08. The Bertz CT molecular complexity index is 848. The lowest BCUT2D eigenvalue weighted by molar-refractivity contribution is 0.100. The Hall–Kier alpha value is -3.48. The molecule has 0 saturated heterocycles. The Labute approximate surface area is 138 Å². The number of hydrogen-bond donors (Lipinski definition) is 2. The summed E-state index contributed by atoms with van der Waals surface area (Å²) in [6.45, 7) is 0. The standard InChI is InChI=1S/C17H15N5O2/c1-24-15-7-4-12(10-20-15)14-8-9-19-17(22-14)21-13-5-2-11(3-6-13)16(18)23/h2-10H,1H3,(H2,18,23)(H,19,21,22). The van der Waals surface area contributed by atoms with E-state index in [2.05, 4.69) is 20.3 Å². The zero-order valence-electron chi connectivity index (χ0n) is 12.9. The molecule has 0 aliphatic rings. The van der Waals surface area contributed by atoms with Crippen molar-refractivity contribution in [1.29, 1.82) is 0 Å². The maximum Gasteiger partial charge on any atom is 0.248 e. The second-order valence-electron chi connectivity index (χ2n) is 4.92. The highest BCUT2D eigenvalue weighted by Crippen LogP contribution is 2.20. The van der Waals surface area contributed by atoms with Gasteiger partial charge >= 0.3 is 0 Å². The van der Waals surface area contributed by atoms with Gasteiger partial charge in [-0.25, -0.2) is 15.0 Å². The molecule has 3 aromatic rings. The molecule has 7 nitrogen and oxygen atoms in total. The fourth-order valence-corrected chi connectivity index (χ4v) is 2.08. The fourth-order valence-electron chi connectivity index (χ4n) is 2.08. The number of ether oxygens (including phenoxy) is 1. The van der Waals surface area contributed by atoms with Crippen LogP contribution in [0.4, 0.5) is 11.6 Å². The van der Waals surface area contributed by atoms with Gasteiger partial charge in [0.25, 0.3) is 0 Å². The highest BCUT2D eigenvalue weighted by molar-refractivity contribution is 5.93. The van der Waals surface area contributed by atoms with Crippen LogP contribution in [0.25, 0.3) is 11.3 Å². The first kappa shape index (κ1) is 15.4. The molecule has 0 aliphatic heterocycles. The number of pyridine rings is 1. The fraction of sp³-hybridized carbons (Fsp3) is 0.0588. The minimum Gasteiger partial charge on any atom is -0.481 e. The maximum atomic E-state index is 11.1. The molecule has 0 bridgehead atoms. The van der Waals surface area contributed by atoms with Crippen LogP contribution in [-0.2, 0) is 0 Å². The monoisotopic (exact) mass is 321 g/mol. The molecule has 1 amide bonds. The molecule has 0 fully saturated rings. The number of rotatable bonds is 5. The van der Waals surface area contributed by atoms with Gasteiger partial charge in [-0.15, -0.1) is 0 Å². The van der Waals surface area contributed by atoms with E-state index in [4.69, 9.17) is 10.5 Å². The first-order chi connectivity index (χ1) is 11.7. The van der Waals surface area contributed by atoms with Gasteiger partial charge in [0.2, 0.25) is 17.7 Å². The summed E-state index contributed by atoms with van der Waals surface area (Å²) in [5.74, 6) is 0.516. The van der Waals surface area contributed by atoms with E-state index >= 15 is 0 Å². The first-order valence-electron chi connectivity index (χ1n) is 7.16. The number of aromatic nitrogens is 3. The van der Waals surface area contributed by atoms with Crippen molar-refractivity contribution in [2.45, 2.75) is 0 Å². The van der Waals surface area contributed by atoms with Gasteiger partial charge in [0.1, 0.15) is 0 Å². The lowest BCUT2D eigenvalue weighted by Crippen LogP contribution is -2.10. The Balaban J connectivity index is 1.80. The van der Waals surface area contributed by atoms with Gasteiger partial charge in [-0.3, -0.25) is 4.79 Å². The van der Waals surface area contributed by atoms with Gasteiger partial charge < -0.3 is 15.8 Å². The second kappa shape index (κ2) is 6.74. The Kier molecular flexibility index (Phi) is 4.33. The van der Waals surface area contributed by atoms with E-state index in [1.807, 2.05) is 6.07 Å². The Morgan fingerprint density at radius 2 is 1.88 bits per heavy atom. The lowest BCUT2D eigenvalue weighted by atomic mass is 10.2. The van der Waals surface area contributed by atoms with E-state index in [1.165, 1.54) is 0 Å². The van der Waals surface area contributed by atoms with Crippen LogP contribution in [0.2, 0.25) is 0 Å². The molecule has 0 radical (unpaired) electrons. The molecule has 7 heteroatoms. The van der Waals surface area contributed by atoms with Gasteiger partial charge in [0, 0.05) is 35.3 Å². The van der Waals surface area contributed by atoms with E-state index in [0.717, 1.165) is 16.9 Å². The molecule has 0 saturated carbocycles. The van der Waals surface area contributed by atoms with Crippen molar-refractivity contribution in [3.05, 3.63) is 60.4 Å². The molecule has 3 N–H and O–H groups in total. The smallest absolute Gasteiger partial charge is 0.248 e. The van der Waals surface area contributed by atoms with Gasteiger partial charge in [0.15, 0.2) is 0 Å². The van der Waals surface area contributed by atoms with E-state index < -0.39 is 5.91 Å². The van der Waals surface area contributed by atoms with Crippen molar-refractivity contribution >= 4 is 17.5 Å². The third-order valence-electron chi connectivity index (χ3n) is 3.32. The van der Waals surface area contributed by atoms with Crippen LogP contribution < -0.4 is 15.8 Å². The van der Waals surface area contributed by atoms with E-state index in [-0.39, 0.29) is 0 Å². The Morgan fingerprint density at radius 1 is 1.08 bits per heavy atom.